The van der Waals surface area contributed by atoms with Crippen LogP contribution in [-0.2, 0) is 6.42 Å². The van der Waals surface area contributed by atoms with E-state index >= 15 is 0 Å². The SMILES string of the molecule is COc1c(Cl)ccc(Cl)c1C(=O)N(C)CCc1nccs1. The normalized spacial score (nSPS) is 10.5. The molecule has 1 heterocycles. The van der Waals surface area contributed by atoms with Gasteiger partial charge in [-0.05, 0) is 12.1 Å². The fraction of sp³-hybridized carbons (Fsp3) is 0.286. The highest BCUT2D eigenvalue weighted by Crippen LogP contribution is 2.34. The van der Waals surface area contributed by atoms with Crippen LogP contribution in [0, 0.1) is 0 Å². The van der Waals surface area contributed by atoms with E-state index in [9.17, 15) is 4.79 Å². The summed E-state index contributed by atoms with van der Waals surface area (Å²) in [5, 5.41) is 3.58. The summed E-state index contributed by atoms with van der Waals surface area (Å²) >= 11 is 13.7. The lowest BCUT2D eigenvalue weighted by Crippen LogP contribution is -2.29. The molecule has 0 unspecified atom stereocenters. The number of benzene rings is 1. The van der Waals surface area contributed by atoms with E-state index in [1.165, 1.54) is 7.11 Å². The summed E-state index contributed by atoms with van der Waals surface area (Å²) in [6, 6.07) is 3.20. The van der Waals surface area contributed by atoms with E-state index < -0.39 is 0 Å². The van der Waals surface area contributed by atoms with Crippen LogP contribution in [0.1, 0.15) is 15.4 Å². The van der Waals surface area contributed by atoms with Crippen LogP contribution in [0.15, 0.2) is 23.7 Å². The van der Waals surface area contributed by atoms with Gasteiger partial charge in [-0.1, -0.05) is 23.2 Å². The predicted octanol–water partition coefficient (Wildman–Crippen LogP) is 3.77. The number of carbonyl (C=O) groups is 1. The monoisotopic (exact) mass is 344 g/mol. The van der Waals surface area contributed by atoms with E-state index in [2.05, 4.69) is 4.98 Å². The summed E-state index contributed by atoms with van der Waals surface area (Å²) < 4.78 is 5.20. The molecule has 112 valence electrons. The molecular formula is C14H14Cl2N2O2S. The summed E-state index contributed by atoms with van der Waals surface area (Å²) in [5.74, 6) is 0.0752. The molecule has 1 aromatic heterocycles. The quantitative estimate of drug-likeness (QED) is 0.828. The molecule has 0 saturated carbocycles. The number of ether oxygens (including phenoxy) is 1. The molecule has 2 rings (SSSR count). The number of halogens is 2. The second kappa shape index (κ2) is 7.11. The van der Waals surface area contributed by atoms with E-state index in [1.807, 2.05) is 5.38 Å². The molecule has 0 N–H and O–H groups in total. The molecule has 0 aliphatic rings. The fourth-order valence-electron chi connectivity index (χ4n) is 1.86. The summed E-state index contributed by atoms with van der Waals surface area (Å²) in [7, 11) is 3.18. The van der Waals surface area contributed by atoms with Crippen molar-refractivity contribution in [3.05, 3.63) is 44.3 Å². The zero-order chi connectivity index (χ0) is 15.4. The van der Waals surface area contributed by atoms with Gasteiger partial charge in [0.2, 0.25) is 0 Å². The van der Waals surface area contributed by atoms with Gasteiger partial charge in [-0.15, -0.1) is 11.3 Å². The summed E-state index contributed by atoms with van der Waals surface area (Å²) in [6.07, 6.45) is 2.44. The Labute approximate surface area is 137 Å². The molecule has 0 aliphatic heterocycles. The van der Waals surface area contributed by atoms with E-state index in [1.54, 1.807) is 41.6 Å². The van der Waals surface area contributed by atoms with Crippen LogP contribution in [0.5, 0.6) is 5.75 Å². The topological polar surface area (TPSA) is 42.4 Å². The maximum absolute atomic E-state index is 12.5. The first kappa shape index (κ1) is 16.1. The van der Waals surface area contributed by atoms with Crippen molar-refractivity contribution in [2.45, 2.75) is 6.42 Å². The molecule has 0 aliphatic carbocycles. The predicted molar refractivity (Wildman–Crippen MR) is 85.8 cm³/mol. The fourth-order valence-corrected chi connectivity index (χ4v) is 2.94. The van der Waals surface area contributed by atoms with Crippen LogP contribution < -0.4 is 4.74 Å². The molecule has 0 saturated heterocycles. The third-order valence-electron chi connectivity index (χ3n) is 2.97. The molecule has 0 bridgehead atoms. The number of rotatable bonds is 5. The van der Waals surface area contributed by atoms with Crippen LogP contribution in [0.25, 0.3) is 0 Å². The van der Waals surface area contributed by atoms with Crippen LogP contribution in [0.4, 0.5) is 0 Å². The molecule has 7 heteroatoms. The molecule has 1 aromatic carbocycles. The lowest BCUT2D eigenvalue weighted by Gasteiger charge is -2.19. The Kier molecular flexibility index (Phi) is 5.45. The van der Waals surface area contributed by atoms with Gasteiger partial charge in [0.25, 0.3) is 5.91 Å². The highest BCUT2D eigenvalue weighted by Gasteiger charge is 2.22. The molecule has 0 atom stereocenters. The maximum atomic E-state index is 12.5. The number of likely N-dealkylation sites (N-methyl/N-ethyl adjacent to an activating group) is 1. The van der Waals surface area contributed by atoms with Gasteiger partial charge in [0.15, 0.2) is 5.75 Å². The molecule has 0 radical (unpaired) electrons. The van der Waals surface area contributed by atoms with Crippen LogP contribution in [0.2, 0.25) is 10.0 Å². The van der Waals surface area contributed by atoms with E-state index in [0.717, 1.165) is 5.01 Å². The van der Waals surface area contributed by atoms with E-state index in [0.29, 0.717) is 28.8 Å². The number of aromatic nitrogens is 1. The largest absolute Gasteiger partial charge is 0.494 e. The lowest BCUT2D eigenvalue weighted by molar-refractivity contribution is 0.0793. The van der Waals surface area contributed by atoms with Crippen molar-refractivity contribution in [3.63, 3.8) is 0 Å². The van der Waals surface area contributed by atoms with Crippen molar-refractivity contribution in [1.82, 2.24) is 9.88 Å². The number of hydrogen-bond donors (Lipinski definition) is 0. The Bertz CT molecular complexity index is 632. The number of nitrogens with zero attached hydrogens (tertiary/aromatic N) is 2. The van der Waals surface area contributed by atoms with Gasteiger partial charge < -0.3 is 9.64 Å². The maximum Gasteiger partial charge on any atom is 0.258 e. The number of carbonyl (C=O) groups excluding carboxylic acids is 1. The minimum atomic E-state index is -0.226. The number of methoxy groups -OCH3 is 1. The Morgan fingerprint density at radius 3 is 2.71 bits per heavy atom. The van der Waals surface area contributed by atoms with Crippen molar-refractivity contribution in [2.24, 2.45) is 0 Å². The number of hydrogen-bond acceptors (Lipinski definition) is 4. The molecule has 21 heavy (non-hydrogen) atoms. The molecular weight excluding hydrogens is 331 g/mol. The van der Waals surface area contributed by atoms with Gasteiger partial charge in [0.1, 0.15) is 5.56 Å². The van der Waals surface area contributed by atoms with Crippen molar-refractivity contribution < 1.29 is 9.53 Å². The first-order valence-corrected chi connectivity index (χ1v) is 7.84. The molecule has 0 fully saturated rings. The first-order valence-electron chi connectivity index (χ1n) is 6.20. The summed E-state index contributed by atoms with van der Waals surface area (Å²) in [5.41, 5.74) is 0.285. The Morgan fingerprint density at radius 1 is 1.38 bits per heavy atom. The average Bonchev–Trinajstić information content (AvgIpc) is 2.99. The Balaban J connectivity index is 2.17. The smallest absolute Gasteiger partial charge is 0.258 e. The van der Waals surface area contributed by atoms with Gasteiger partial charge >= 0.3 is 0 Å². The van der Waals surface area contributed by atoms with Crippen molar-refractivity contribution in [3.8, 4) is 5.75 Å². The van der Waals surface area contributed by atoms with Crippen molar-refractivity contribution >= 4 is 40.4 Å². The van der Waals surface area contributed by atoms with Gasteiger partial charge in [-0.3, -0.25) is 4.79 Å². The highest BCUT2D eigenvalue weighted by molar-refractivity contribution is 7.09. The zero-order valence-corrected chi connectivity index (χ0v) is 13.9. The number of thiazole rings is 1. The minimum absolute atomic E-state index is 0.226. The van der Waals surface area contributed by atoms with Crippen LogP contribution in [0.3, 0.4) is 0 Å². The molecule has 2 aromatic rings. The number of amides is 1. The standard InChI is InChI=1S/C14H14Cl2N2O2S/c1-18(7-5-11-17-6-8-21-11)14(19)12-9(15)3-4-10(16)13(12)20-2/h3-4,6,8H,5,7H2,1-2H3. The third-order valence-corrected chi connectivity index (χ3v) is 4.42. The van der Waals surface area contributed by atoms with Gasteiger partial charge in [-0.2, -0.15) is 0 Å². The minimum Gasteiger partial charge on any atom is -0.494 e. The van der Waals surface area contributed by atoms with Crippen LogP contribution >= 0.6 is 34.5 Å². The van der Waals surface area contributed by atoms with Crippen molar-refractivity contribution in [1.29, 1.82) is 0 Å². The molecule has 4 nitrogen and oxygen atoms in total. The van der Waals surface area contributed by atoms with Crippen LogP contribution in [-0.4, -0.2) is 36.5 Å². The summed E-state index contributed by atoms with van der Waals surface area (Å²) in [4.78, 5) is 18.3. The molecule has 1 amide bonds. The first-order chi connectivity index (χ1) is 10.0. The Hall–Kier alpha value is -1.30. The van der Waals surface area contributed by atoms with Gasteiger partial charge in [-0.25, -0.2) is 4.98 Å². The van der Waals surface area contributed by atoms with E-state index in [-0.39, 0.29) is 11.5 Å². The van der Waals surface area contributed by atoms with Gasteiger partial charge in [0, 0.05) is 31.6 Å². The average molecular weight is 345 g/mol. The molecule has 0 spiro atoms. The highest BCUT2D eigenvalue weighted by atomic mass is 35.5. The van der Waals surface area contributed by atoms with Gasteiger partial charge in [0.05, 0.1) is 22.2 Å². The third kappa shape index (κ3) is 3.67. The summed E-state index contributed by atoms with van der Waals surface area (Å²) in [6.45, 7) is 0.540. The van der Waals surface area contributed by atoms with Crippen molar-refractivity contribution in [2.75, 3.05) is 20.7 Å². The zero-order valence-electron chi connectivity index (χ0n) is 11.6. The second-order valence-corrected chi connectivity index (χ2v) is 6.13. The lowest BCUT2D eigenvalue weighted by atomic mass is 10.1. The van der Waals surface area contributed by atoms with E-state index in [4.69, 9.17) is 27.9 Å². The second-order valence-electron chi connectivity index (χ2n) is 4.34. The Morgan fingerprint density at radius 2 is 2.10 bits per heavy atom.